The average Bonchev–Trinajstić information content (AvgIpc) is 3.53. The molecule has 8 nitrogen and oxygen atoms in total. The van der Waals surface area contributed by atoms with Crippen LogP contribution in [-0.2, 0) is 6.18 Å². The number of hydrogen-bond donors (Lipinski definition) is 2. The van der Waals surface area contributed by atoms with Gasteiger partial charge in [-0.1, -0.05) is 0 Å². The normalized spacial score (nSPS) is 17.6. The quantitative estimate of drug-likeness (QED) is 0.641. The highest BCUT2D eigenvalue weighted by Crippen LogP contribution is 2.35. The van der Waals surface area contributed by atoms with E-state index in [4.69, 9.17) is 9.47 Å². The molecule has 0 bridgehead atoms. The average molecular weight is 445 g/mol. The molecule has 1 amide bonds. The highest BCUT2D eigenvalue weighted by atomic mass is 19.4. The molecule has 11 heteroatoms. The molecule has 2 N–H and O–H groups in total. The summed E-state index contributed by atoms with van der Waals surface area (Å²) in [6.45, 7) is 1.20. The highest BCUT2D eigenvalue weighted by Gasteiger charge is 2.31. The second-order valence-corrected chi connectivity index (χ2v) is 7.54. The van der Waals surface area contributed by atoms with Crippen LogP contribution in [0.5, 0.6) is 11.5 Å². The predicted octanol–water partition coefficient (Wildman–Crippen LogP) is 3.23. The number of rotatable bonds is 4. The van der Waals surface area contributed by atoms with E-state index in [0.29, 0.717) is 48.2 Å². The summed E-state index contributed by atoms with van der Waals surface area (Å²) in [5, 5.41) is 9.88. The highest BCUT2D eigenvalue weighted by molar-refractivity contribution is 5.93. The predicted molar refractivity (Wildman–Crippen MR) is 107 cm³/mol. The number of amides is 1. The molecular weight excluding hydrogens is 427 g/mol. The van der Waals surface area contributed by atoms with Gasteiger partial charge in [-0.3, -0.25) is 9.89 Å². The SMILES string of the molecule is O=C(NC1CCN(c2ccc(C(F)(F)F)cn2)C1)c1cc(-c2ccc3c(c2)OCO3)n[nH]1. The van der Waals surface area contributed by atoms with Gasteiger partial charge in [0.15, 0.2) is 11.5 Å². The number of H-pyrrole nitrogens is 1. The van der Waals surface area contributed by atoms with Gasteiger partial charge in [-0.25, -0.2) is 4.98 Å². The molecule has 2 aromatic heterocycles. The number of aromatic amines is 1. The number of nitrogens with zero attached hydrogens (tertiary/aromatic N) is 3. The lowest BCUT2D eigenvalue weighted by molar-refractivity contribution is -0.137. The fraction of sp³-hybridized carbons (Fsp3) is 0.286. The first-order valence-corrected chi connectivity index (χ1v) is 9.91. The number of pyridine rings is 1. The molecule has 1 fully saturated rings. The van der Waals surface area contributed by atoms with E-state index in [0.717, 1.165) is 17.8 Å². The number of nitrogens with one attached hydrogen (secondary N) is 2. The molecule has 1 saturated heterocycles. The number of aromatic nitrogens is 3. The Hall–Kier alpha value is -3.76. The van der Waals surface area contributed by atoms with Gasteiger partial charge in [0.05, 0.1) is 11.3 Å². The van der Waals surface area contributed by atoms with Crippen molar-refractivity contribution >= 4 is 11.7 Å². The fourth-order valence-corrected chi connectivity index (χ4v) is 3.73. The third kappa shape index (κ3) is 3.93. The number of alkyl halides is 3. The minimum Gasteiger partial charge on any atom is -0.454 e. The largest absolute Gasteiger partial charge is 0.454 e. The zero-order chi connectivity index (χ0) is 22.3. The summed E-state index contributed by atoms with van der Waals surface area (Å²) in [5.74, 6) is 1.42. The van der Waals surface area contributed by atoms with Gasteiger partial charge in [0.2, 0.25) is 6.79 Å². The van der Waals surface area contributed by atoms with Crippen LogP contribution in [-0.4, -0.2) is 47.0 Å². The summed E-state index contributed by atoms with van der Waals surface area (Å²) >= 11 is 0. The van der Waals surface area contributed by atoms with Crippen LogP contribution < -0.4 is 19.7 Å². The first-order valence-electron chi connectivity index (χ1n) is 9.91. The minimum absolute atomic E-state index is 0.163. The van der Waals surface area contributed by atoms with E-state index >= 15 is 0 Å². The van der Waals surface area contributed by atoms with Crippen LogP contribution in [0.2, 0.25) is 0 Å². The van der Waals surface area contributed by atoms with E-state index in [1.54, 1.807) is 18.2 Å². The Balaban J connectivity index is 1.21. The molecule has 1 atom stereocenters. The summed E-state index contributed by atoms with van der Waals surface area (Å²) in [6, 6.07) is 9.26. The molecule has 0 saturated carbocycles. The molecule has 2 aliphatic heterocycles. The van der Waals surface area contributed by atoms with Gasteiger partial charge in [0.25, 0.3) is 5.91 Å². The van der Waals surface area contributed by atoms with Crippen molar-refractivity contribution in [1.82, 2.24) is 20.5 Å². The van der Waals surface area contributed by atoms with Crippen molar-refractivity contribution in [2.45, 2.75) is 18.6 Å². The maximum Gasteiger partial charge on any atom is 0.417 e. The van der Waals surface area contributed by atoms with Crippen molar-refractivity contribution in [3.8, 4) is 22.8 Å². The first-order chi connectivity index (χ1) is 15.4. The number of carbonyl (C=O) groups is 1. The Morgan fingerprint density at radius 1 is 1.16 bits per heavy atom. The second-order valence-electron chi connectivity index (χ2n) is 7.54. The lowest BCUT2D eigenvalue weighted by Gasteiger charge is -2.18. The molecule has 166 valence electrons. The Morgan fingerprint density at radius 2 is 2.00 bits per heavy atom. The fourth-order valence-electron chi connectivity index (χ4n) is 3.73. The Morgan fingerprint density at radius 3 is 2.78 bits per heavy atom. The van der Waals surface area contributed by atoms with Crippen LogP contribution >= 0.6 is 0 Å². The molecule has 1 aromatic carbocycles. The maximum atomic E-state index is 12.7. The molecule has 4 heterocycles. The molecule has 0 aliphatic carbocycles. The monoisotopic (exact) mass is 445 g/mol. The molecule has 1 unspecified atom stereocenters. The van der Waals surface area contributed by atoms with Crippen molar-refractivity contribution < 1.29 is 27.4 Å². The number of carbonyl (C=O) groups excluding carboxylic acids is 1. The topological polar surface area (TPSA) is 92.4 Å². The van der Waals surface area contributed by atoms with E-state index in [-0.39, 0.29) is 18.7 Å². The van der Waals surface area contributed by atoms with Crippen LogP contribution in [0.25, 0.3) is 11.3 Å². The van der Waals surface area contributed by atoms with Crippen molar-refractivity contribution in [3.05, 3.63) is 53.9 Å². The lowest BCUT2D eigenvalue weighted by Crippen LogP contribution is -2.37. The minimum atomic E-state index is -4.42. The summed E-state index contributed by atoms with van der Waals surface area (Å²) in [5.41, 5.74) is 0.895. The number of fused-ring (bicyclic) bond motifs is 1. The molecule has 3 aromatic rings. The van der Waals surface area contributed by atoms with Crippen molar-refractivity contribution in [2.24, 2.45) is 0 Å². The molecule has 5 rings (SSSR count). The van der Waals surface area contributed by atoms with Gasteiger partial charge in [-0.2, -0.15) is 18.3 Å². The molecule has 2 aliphatic rings. The van der Waals surface area contributed by atoms with E-state index in [2.05, 4.69) is 20.5 Å². The van der Waals surface area contributed by atoms with Crippen LogP contribution in [0.1, 0.15) is 22.5 Å². The number of hydrogen-bond acceptors (Lipinski definition) is 6. The third-order valence-electron chi connectivity index (χ3n) is 5.41. The third-order valence-corrected chi connectivity index (χ3v) is 5.41. The van der Waals surface area contributed by atoms with Crippen LogP contribution in [0, 0.1) is 0 Å². The summed E-state index contributed by atoms with van der Waals surface area (Å²) in [7, 11) is 0. The Labute approximate surface area is 180 Å². The lowest BCUT2D eigenvalue weighted by atomic mass is 10.1. The molecule has 0 radical (unpaired) electrons. The number of ether oxygens (including phenoxy) is 2. The van der Waals surface area contributed by atoms with Gasteiger partial charge >= 0.3 is 6.18 Å². The number of halogens is 3. The summed E-state index contributed by atoms with van der Waals surface area (Å²) < 4.78 is 48.8. The Kier molecular flexibility index (Phi) is 4.87. The Bertz CT molecular complexity index is 1150. The van der Waals surface area contributed by atoms with Gasteiger partial charge in [-0.05, 0) is 42.8 Å². The van der Waals surface area contributed by atoms with E-state index in [1.807, 2.05) is 11.0 Å². The van der Waals surface area contributed by atoms with Crippen molar-refractivity contribution in [1.29, 1.82) is 0 Å². The van der Waals surface area contributed by atoms with Gasteiger partial charge < -0.3 is 19.7 Å². The van der Waals surface area contributed by atoms with Gasteiger partial charge in [0, 0.05) is 30.9 Å². The first kappa shape index (κ1) is 20.2. The van der Waals surface area contributed by atoms with Gasteiger partial charge in [-0.15, -0.1) is 0 Å². The molecular formula is C21H18F3N5O3. The maximum absolute atomic E-state index is 12.7. The molecule has 0 spiro atoms. The van der Waals surface area contributed by atoms with Crippen LogP contribution in [0.15, 0.2) is 42.6 Å². The van der Waals surface area contributed by atoms with Crippen molar-refractivity contribution in [3.63, 3.8) is 0 Å². The standard InChI is InChI=1S/C21H18F3N5O3/c22-21(23,24)13-2-4-19(25-9-13)29-6-5-14(10-29)26-20(30)16-8-15(27-28-16)12-1-3-17-18(7-12)32-11-31-17/h1-4,7-9,14H,5-6,10-11H2,(H,26,30)(H,27,28). The zero-order valence-corrected chi connectivity index (χ0v) is 16.6. The van der Waals surface area contributed by atoms with E-state index in [9.17, 15) is 18.0 Å². The van der Waals surface area contributed by atoms with Crippen molar-refractivity contribution in [2.75, 3.05) is 24.8 Å². The van der Waals surface area contributed by atoms with Crippen LogP contribution in [0.4, 0.5) is 19.0 Å². The van der Waals surface area contributed by atoms with Crippen LogP contribution in [0.3, 0.4) is 0 Å². The number of anilines is 1. The van der Waals surface area contributed by atoms with E-state index < -0.39 is 11.7 Å². The second kappa shape index (κ2) is 7.74. The summed E-state index contributed by atoms with van der Waals surface area (Å²) in [6.07, 6.45) is -2.95. The summed E-state index contributed by atoms with van der Waals surface area (Å²) in [4.78, 5) is 18.4. The zero-order valence-electron chi connectivity index (χ0n) is 16.6. The smallest absolute Gasteiger partial charge is 0.417 e. The molecule has 32 heavy (non-hydrogen) atoms. The van der Waals surface area contributed by atoms with E-state index in [1.165, 1.54) is 6.07 Å². The van der Waals surface area contributed by atoms with Gasteiger partial charge in [0.1, 0.15) is 11.5 Å². The number of benzene rings is 1.